The van der Waals surface area contributed by atoms with Crippen molar-refractivity contribution in [1.29, 1.82) is 0 Å². The van der Waals surface area contributed by atoms with Crippen LogP contribution in [0.25, 0.3) is 10.6 Å². The van der Waals surface area contributed by atoms with E-state index in [9.17, 15) is 4.79 Å². The molecule has 4 nitrogen and oxygen atoms in total. The van der Waals surface area contributed by atoms with Crippen molar-refractivity contribution < 1.29 is 4.79 Å². The summed E-state index contributed by atoms with van der Waals surface area (Å²) in [6.45, 7) is 9.72. The molecule has 1 amide bonds. The first-order chi connectivity index (χ1) is 12.0. The van der Waals surface area contributed by atoms with E-state index in [2.05, 4.69) is 29.0 Å². The van der Waals surface area contributed by atoms with Crippen LogP contribution in [0.5, 0.6) is 0 Å². The quantitative estimate of drug-likeness (QED) is 0.881. The van der Waals surface area contributed by atoms with Crippen molar-refractivity contribution in [3.8, 4) is 10.6 Å². The lowest BCUT2D eigenvalue weighted by atomic mass is 10.0. The zero-order valence-corrected chi connectivity index (χ0v) is 16.1. The van der Waals surface area contributed by atoms with Gasteiger partial charge in [-0.2, -0.15) is 0 Å². The number of hydrogen-bond acceptors (Lipinski definition) is 4. The summed E-state index contributed by atoms with van der Waals surface area (Å²) in [6, 6.07) is 10.3. The topological polar surface area (TPSA) is 45.2 Å². The molecule has 0 aliphatic carbocycles. The summed E-state index contributed by atoms with van der Waals surface area (Å²) < 4.78 is 0. The van der Waals surface area contributed by atoms with Gasteiger partial charge in [-0.3, -0.25) is 4.79 Å². The molecule has 2 heterocycles. The molecule has 1 aromatic carbocycles. The van der Waals surface area contributed by atoms with Gasteiger partial charge in [0.15, 0.2) is 0 Å². The Morgan fingerprint density at radius 3 is 2.60 bits per heavy atom. The summed E-state index contributed by atoms with van der Waals surface area (Å²) in [6.07, 6.45) is 2.06. The van der Waals surface area contributed by atoms with E-state index in [-0.39, 0.29) is 11.9 Å². The van der Waals surface area contributed by atoms with E-state index >= 15 is 0 Å². The molecule has 0 saturated carbocycles. The van der Waals surface area contributed by atoms with Crippen molar-refractivity contribution in [3.05, 3.63) is 40.9 Å². The zero-order chi connectivity index (χ0) is 17.8. The molecule has 0 unspecified atom stereocenters. The molecular weight excluding hydrogens is 330 g/mol. The number of likely N-dealkylation sites (tertiary alicyclic amines) is 1. The van der Waals surface area contributed by atoms with Gasteiger partial charge in [-0.15, -0.1) is 11.3 Å². The summed E-state index contributed by atoms with van der Waals surface area (Å²) in [5.41, 5.74) is 1.88. The van der Waals surface area contributed by atoms with Gasteiger partial charge in [0, 0.05) is 31.2 Å². The highest BCUT2D eigenvalue weighted by Crippen LogP contribution is 2.28. The van der Waals surface area contributed by atoms with Gasteiger partial charge < -0.3 is 10.2 Å². The van der Waals surface area contributed by atoms with Gasteiger partial charge in [0.05, 0.1) is 5.69 Å². The molecular formula is C20H27N3OS. The van der Waals surface area contributed by atoms with Crippen molar-refractivity contribution in [2.24, 2.45) is 5.92 Å². The predicted octanol–water partition coefficient (Wildman–Crippen LogP) is 3.97. The number of benzene rings is 1. The van der Waals surface area contributed by atoms with Crippen LogP contribution in [-0.2, 0) is 0 Å². The van der Waals surface area contributed by atoms with Gasteiger partial charge in [0.2, 0.25) is 0 Å². The molecule has 1 N–H and O–H groups in total. The Morgan fingerprint density at radius 2 is 1.96 bits per heavy atom. The molecule has 1 fully saturated rings. The van der Waals surface area contributed by atoms with Gasteiger partial charge in [-0.05, 0) is 25.7 Å². The molecule has 0 atom stereocenters. The Morgan fingerprint density at radius 1 is 1.28 bits per heavy atom. The number of piperidine rings is 1. The maximum absolute atomic E-state index is 12.7. The van der Waals surface area contributed by atoms with E-state index in [0.717, 1.165) is 53.6 Å². The fraction of sp³-hybridized carbons (Fsp3) is 0.500. The van der Waals surface area contributed by atoms with E-state index in [1.165, 1.54) is 11.3 Å². The first-order valence-electron chi connectivity index (χ1n) is 9.09. The minimum atomic E-state index is 0.0273. The summed E-state index contributed by atoms with van der Waals surface area (Å²) >= 11 is 1.48. The van der Waals surface area contributed by atoms with E-state index in [4.69, 9.17) is 0 Å². The molecule has 5 heteroatoms. The van der Waals surface area contributed by atoms with E-state index in [0.29, 0.717) is 5.92 Å². The lowest BCUT2D eigenvalue weighted by molar-refractivity contribution is 0.0910. The largest absolute Gasteiger partial charge is 0.348 e. The maximum atomic E-state index is 12.7. The van der Waals surface area contributed by atoms with E-state index in [1.807, 2.05) is 37.3 Å². The molecule has 1 saturated heterocycles. The average molecular weight is 358 g/mol. The Labute approximate surface area is 154 Å². The third-order valence-corrected chi connectivity index (χ3v) is 5.77. The van der Waals surface area contributed by atoms with Crippen LogP contribution in [0, 0.1) is 12.8 Å². The number of carbonyl (C=O) groups is 1. The fourth-order valence-electron chi connectivity index (χ4n) is 3.34. The lowest BCUT2D eigenvalue weighted by Gasteiger charge is -2.33. The molecule has 1 aliphatic heterocycles. The smallest absolute Gasteiger partial charge is 0.263 e. The maximum Gasteiger partial charge on any atom is 0.263 e. The first-order valence-corrected chi connectivity index (χ1v) is 9.90. The van der Waals surface area contributed by atoms with Crippen LogP contribution in [0.1, 0.15) is 42.1 Å². The second kappa shape index (κ2) is 8.11. The molecule has 134 valence electrons. The van der Waals surface area contributed by atoms with Crippen molar-refractivity contribution in [3.63, 3.8) is 0 Å². The van der Waals surface area contributed by atoms with Crippen LogP contribution in [-0.4, -0.2) is 41.5 Å². The van der Waals surface area contributed by atoms with Gasteiger partial charge in [0.1, 0.15) is 9.88 Å². The van der Waals surface area contributed by atoms with Crippen LogP contribution in [0.2, 0.25) is 0 Å². The Kier molecular flexibility index (Phi) is 5.86. The molecule has 1 aliphatic rings. The van der Waals surface area contributed by atoms with Gasteiger partial charge >= 0.3 is 0 Å². The van der Waals surface area contributed by atoms with Crippen LogP contribution in [0.15, 0.2) is 30.3 Å². The number of thiazole rings is 1. The normalized spacial score (nSPS) is 16.3. The van der Waals surface area contributed by atoms with Crippen molar-refractivity contribution in [1.82, 2.24) is 15.2 Å². The highest BCUT2D eigenvalue weighted by molar-refractivity contribution is 7.17. The summed E-state index contributed by atoms with van der Waals surface area (Å²) in [5.74, 6) is 0.724. The number of amides is 1. The Hall–Kier alpha value is -1.72. The number of hydrogen-bond donors (Lipinski definition) is 1. The van der Waals surface area contributed by atoms with Crippen molar-refractivity contribution >= 4 is 17.2 Å². The van der Waals surface area contributed by atoms with Crippen molar-refractivity contribution in [2.45, 2.75) is 39.7 Å². The minimum absolute atomic E-state index is 0.0273. The Bertz CT molecular complexity index is 703. The number of aryl methyl sites for hydroxylation is 1. The fourth-order valence-corrected chi connectivity index (χ4v) is 4.31. The first kappa shape index (κ1) is 18.1. The third-order valence-electron chi connectivity index (χ3n) is 4.57. The molecule has 0 radical (unpaired) electrons. The molecule has 0 spiro atoms. The predicted molar refractivity (Wildman–Crippen MR) is 104 cm³/mol. The number of nitrogens with one attached hydrogen (secondary N) is 1. The molecule has 0 bridgehead atoms. The van der Waals surface area contributed by atoms with E-state index in [1.54, 1.807) is 0 Å². The van der Waals surface area contributed by atoms with Crippen LogP contribution in [0.4, 0.5) is 0 Å². The zero-order valence-electron chi connectivity index (χ0n) is 15.3. The number of rotatable bonds is 5. The van der Waals surface area contributed by atoms with Crippen molar-refractivity contribution in [2.75, 3.05) is 19.6 Å². The standard InChI is InChI=1S/C20H27N3OS/c1-14(2)13-23-11-9-17(10-12-23)22-19(24)18-15(3)21-20(25-18)16-7-5-4-6-8-16/h4-8,14,17H,9-13H2,1-3H3,(H,22,24). The minimum Gasteiger partial charge on any atom is -0.348 e. The Balaban J connectivity index is 1.60. The summed E-state index contributed by atoms with van der Waals surface area (Å²) in [7, 11) is 0. The molecule has 25 heavy (non-hydrogen) atoms. The number of carbonyl (C=O) groups excluding carboxylic acids is 1. The summed E-state index contributed by atoms with van der Waals surface area (Å²) in [5, 5.41) is 4.13. The lowest BCUT2D eigenvalue weighted by Crippen LogP contribution is -2.45. The van der Waals surface area contributed by atoms with E-state index < -0.39 is 0 Å². The van der Waals surface area contributed by atoms with Crippen LogP contribution < -0.4 is 5.32 Å². The summed E-state index contributed by atoms with van der Waals surface area (Å²) in [4.78, 5) is 20.5. The third kappa shape index (κ3) is 4.67. The second-order valence-electron chi connectivity index (χ2n) is 7.24. The SMILES string of the molecule is Cc1nc(-c2ccccc2)sc1C(=O)NC1CCN(CC(C)C)CC1. The van der Waals surface area contributed by atoms with Gasteiger partial charge in [-0.1, -0.05) is 44.2 Å². The average Bonchev–Trinajstić information content (AvgIpc) is 2.99. The highest BCUT2D eigenvalue weighted by atomic mass is 32.1. The molecule has 2 aromatic rings. The number of nitrogens with zero attached hydrogens (tertiary/aromatic N) is 2. The van der Waals surface area contributed by atoms with Gasteiger partial charge in [0.25, 0.3) is 5.91 Å². The number of aromatic nitrogens is 1. The highest BCUT2D eigenvalue weighted by Gasteiger charge is 2.23. The molecule has 3 rings (SSSR count). The second-order valence-corrected chi connectivity index (χ2v) is 8.24. The van der Waals surface area contributed by atoms with Crippen LogP contribution >= 0.6 is 11.3 Å². The van der Waals surface area contributed by atoms with Gasteiger partial charge in [-0.25, -0.2) is 4.98 Å². The van der Waals surface area contributed by atoms with Crippen LogP contribution in [0.3, 0.4) is 0 Å². The molecule has 1 aromatic heterocycles. The monoisotopic (exact) mass is 357 g/mol.